The van der Waals surface area contributed by atoms with E-state index >= 15 is 0 Å². The average molecular weight is 279 g/mol. The number of nitriles is 1. The van der Waals surface area contributed by atoms with Crippen LogP contribution in [-0.4, -0.2) is 20.3 Å². The van der Waals surface area contributed by atoms with Crippen molar-refractivity contribution in [1.82, 2.24) is 20.3 Å². The molecule has 21 heavy (non-hydrogen) atoms. The van der Waals surface area contributed by atoms with Gasteiger partial charge in [0.05, 0.1) is 17.2 Å². The number of hydrogen-bond acceptors (Lipinski definition) is 5. The molecular formula is C15H13N5O. The van der Waals surface area contributed by atoms with Crippen LogP contribution in [0.5, 0.6) is 0 Å². The monoisotopic (exact) mass is 279 g/mol. The van der Waals surface area contributed by atoms with Gasteiger partial charge in [-0.1, -0.05) is 35.5 Å². The number of nitrogens with one attached hydrogen (secondary N) is 1. The molecule has 104 valence electrons. The number of aromatic amines is 1. The Morgan fingerprint density at radius 3 is 2.71 bits per heavy atom. The van der Waals surface area contributed by atoms with Crippen molar-refractivity contribution in [2.75, 3.05) is 0 Å². The summed E-state index contributed by atoms with van der Waals surface area (Å²) in [4.78, 5) is 4.42. The zero-order chi connectivity index (χ0) is 14.9. The lowest BCUT2D eigenvalue weighted by molar-refractivity contribution is 0.408. The summed E-state index contributed by atoms with van der Waals surface area (Å²) < 4.78 is 5.29. The van der Waals surface area contributed by atoms with Crippen molar-refractivity contribution in [3.63, 3.8) is 0 Å². The van der Waals surface area contributed by atoms with Crippen molar-refractivity contribution in [3.8, 4) is 17.5 Å². The quantitative estimate of drug-likeness (QED) is 0.795. The fraction of sp³-hybridized carbons (Fsp3) is 0.200. The predicted molar refractivity (Wildman–Crippen MR) is 75.2 cm³/mol. The molecule has 0 amide bonds. The Hall–Kier alpha value is -2.94. The summed E-state index contributed by atoms with van der Waals surface area (Å²) >= 11 is 0. The van der Waals surface area contributed by atoms with Gasteiger partial charge in [-0.3, -0.25) is 5.10 Å². The summed E-state index contributed by atoms with van der Waals surface area (Å²) in [7, 11) is 0. The van der Waals surface area contributed by atoms with Crippen LogP contribution in [-0.2, 0) is 5.41 Å². The van der Waals surface area contributed by atoms with Crippen LogP contribution in [0.4, 0.5) is 0 Å². The highest BCUT2D eigenvalue weighted by Gasteiger charge is 2.29. The molecule has 1 N–H and O–H groups in total. The lowest BCUT2D eigenvalue weighted by Crippen LogP contribution is -2.20. The summed E-state index contributed by atoms with van der Waals surface area (Å²) in [6.07, 6.45) is 1.51. The molecule has 0 atom stereocenters. The molecule has 0 saturated carbocycles. The first-order chi connectivity index (χ1) is 10.1. The van der Waals surface area contributed by atoms with Gasteiger partial charge in [-0.15, -0.1) is 0 Å². The largest absolute Gasteiger partial charge is 0.334 e. The molecule has 3 aromatic rings. The minimum absolute atomic E-state index is 0.291. The van der Waals surface area contributed by atoms with E-state index in [4.69, 9.17) is 9.78 Å². The van der Waals surface area contributed by atoms with Gasteiger partial charge in [0.2, 0.25) is 0 Å². The van der Waals surface area contributed by atoms with Crippen LogP contribution >= 0.6 is 0 Å². The predicted octanol–water partition coefficient (Wildman–Crippen LogP) is 2.66. The number of benzene rings is 1. The number of rotatable bonds is 3. The SMILES string of the molecule is CC(C)(c1ccccc1)c1noc(-c2cn[nH]c2C#N)n1. The van der Waals surface area contributed by atoms with Crippen LogP contribution in [0, 0.1) is 11.3 Å². The maximum absolute atomic E-state index is 9.00. The molecule has 2 aromatic heterocycles. The van der Waals surface area contributed by atoms with E-state index in [9.17, 15) is 0 Å². The van der Waals surface area contributed by atoms with Crippen molar-refractivity contribution >= 4 is 0 Å². The summed E-state index contributed by atoms with van der Waals surface area (Å²) in [5.41, 5.74) is 1.52. The molecule has 0 unspecified atom stereocenters. The molecule has 0 aliphatic rings. The van der Waals surface area contributed by atoms with Crippen LogP contribution in [0.2, 0.25) is 0 Å². The Kier molecular flexibility index (Phi) is 3.03. The second-order valence-corrected chi connectivity index (χ2v) is 5.18. The first kappa shape index (κ1) is 13.1. The zero-order valence-corrected chi connectivity index (χ0v) is 11.7. The second-order valence-electron chi connectivity index (χ2n) is 5.18. The van der Waals surface area contributed by atoms with Crippen LogP contribution in [0.3, 0.4) is 0 Å². The molecule has 0 aliphatic heterocycles. The molecule has 0 spiro atoms. The number of nitrogens with zero attached hydrogens (tertiary/aromatic N) is 4. The normalized spacial score (nSPS) is 11.3. The molecule has 0 aliphatic carbocycles. The van der Waals surface area contributed by atoms with E-state index in [0.717, 1.165) is 5.56 Å². The van der Waals surface area contributed by atoms with Gasteiger partial charge in [0, 0.05) is 0 Å². The average Bonchev–Trinajstić information content (AvgIpc) is 3.16. The molecule has 0 radical (unpaired) electrons. The Labute approximate surface area is 121 Å². The maximum atomic E-state index is 9.00. The smallest absolute Gasteiger partial charge is 0.262 e. The van der Waals surface area contributed by atoms with Crippen LogP contribution in [0.1, 0.15) is 30.9 Å². The Bertz CT molecular complexity index is 795. The van der Waals surface area contributed by atoms with Gasteiger partial charge in [-0.25, -0.2) is 0 Å². The second kappa shape index (κ2) is 4.87. The Morgan fingerprint density at radius 2 is 2.00 bits per heavy atom. The van der Waals surface area contributed by atoms with Crippen LogP contribution in [0.15, 0.2) is 41.1 Å². The highest BCUT2D eigenvalue weighted by molar-refractivity contribution is 5.59. The van der Waals surface area contributed by atoms with E-state index in [1.54, 1.807) is 0 Å². The molecule has 6 nitrogen and oxygen atoms in total. The molecule has 2 heterocycles. The Morgan fingerprint density at radius 1 is 1.24 bits per heavy atom. The van der Waals surface area contributed by atoms with Gasteiger partial charge >= 0.3 is 0 Å². The van der Waals surface area contributed by atoms with E-state index in [1.807, 2.05) is 50.2 Å². The van der Waals surface area contributed by atoms with Crippen LogP contribution in [0.25, 0.3) is 11.5 Å². The third-order valence-electron chi connectivity index (χ3n) is 3.46. The fourth-order valence-corrected chi connectivity index (χ4v) is 2.10. The molecular weight excluding hydrogens is 266 g/mol. The zero-order valence-electron chi connectivity index (χ0n) is 11.7. The number of hydrogen-bond donors (Lipinski definition) is 1. The first-order valence-electron chi connectivity index (χ1n) is 6.46. The lowest BCUT2D eigenvalue weighted by Gasteiger charge is -2.20. The van der Waals surface area contributed by atoms with E-state index in [1.165, 1.54) is 6.20 Å². The molecule has 0 fully saturated rings. The van der Waals surface area contributed by atoms with Crippen LogP contribution < -0.4 is 0 Å². The minimum Gasteiger partial charge on any atom is -0.334 e. The molecule has 6 heteroatoms. The van der Waals surface area contributed by atoms with Crippen molar-refractivity contribution < 1.29 is 4.52 Å². The van der Waals surface area contributed by atoms with Gasteiger partial charge < -0.3 is 4.52 Å². The molecule has 0 bridgehead atoms. The van der Waals surface area contributed by atoms with Crippen molar-refractivity contribution in [1.29, 1.82) is 5.26 Å². The fourth-order valence-electron chi connectivity index (χ4n) is 2.10. The maximum Gasteiger partial charge on any atom is 0.262 e. The summed E-state index contributed by atoms with van der Waals surface area (Å²) in [6.45, 7) is 4.05. The number of H-pyrrole nitrogens is 1. The Balaban J connectivity index is 2.01. The minimum atomic E-state index is -0.389. The highest BCUT2D eigenvalue weighted by atomic mass is 16.5. The van der Waals surface area contributed by atoms with Crippen molar-refractivity contribution in [2.45, 2.75) is 19.3 Å². The van der Waals surface area contributed by atoms with E-state index in [2.05, 4.69) is 20.3 Å². The van der Waals surface area contributed by atoms with E-state index in [-0.39, 0.29) is 5.41 Å². The van der Waals surface area contributed by atoms with E-state index in [0.29, 0.717) is 23.0 Å². The molecule has 1 aromatic carbocycles. The third-order valence-corrected chi connectivity index (χ3v) is 3.46. The van der Waals surface area contributed by atoms with E-state index < -0.39 is 0 Å². The number of aromatic nitrogens is 4. The summed E-state index contributed by atoms with van der Waals surface area (Å²) in [5, 5.41) is 19.5. The summed E-state index contributed by atoms with van der Waals surface area (Å²) in [6, 6.07) is 12.0. The van der Waals surface area contributed by atoms with Gasteiger partial charge in [0.1, 0.15) is 11.8 Å². The van der Waals surface area contributed by atoms with Crippen molar-refractivity contribution in [2.24, 2.45) is 0 Å². The van der Waals surface area contributed by atoms with Crippen molar-refractivity contribution in [3.05, 3.63) is 53.6 Å². The first-order valence-corrected chi connectivity index (χ1v) is 6.46. The highest BCUT2D eigenvalue weighted by Crippen LogP contribution is 2.31. The molecule has 3 rings (SSSR count). The third kappa shape index (κ3) is 2.19. The summed E-state index contributed by atoms with van der Waals surface area (Å²) in [5.74, 6) is 0.855. The van der Waals surface area contributed by atoms with Gasteiger partial charge in [-0.2, -0.15) is 15.3 Å². The molecule has 0 saturated heterocycles. The standard InChI is InChI=1S/C15H13N5O/c1-15(2,10-6-4-3-5-7-10)14-18-13(21-20-14)11-9-17-19-12(11)8-16/h3-7,9H,1-2H3,(H,17,19). The van der Waals surface area contributed by atoms with Gasteiger partial charge in [0.25, 0.3) is 5.89 Å². The van der Waals surface area contributed by atoms with Gasteiger partial charge in [0.15, 0.2) is 5.82 Å². The lowest BCUT2D eigenvalue weighted by atomic mass is 9.84. The van der Waals surface area contributed by atoms with Gasteiger partial charge in [-0.05, 0) is 19.4 Å². The topological polar surface area (TPSA) is 91.4 Å².